The number of ether oxygens (including phenoxy) is 3. The van der Waals surface area contributed by atoms with Crippen molar-refractivity contribution < 1.29 is 38.2 Å². The summed E-state index contributed by atoms with van der Waals surface area (Å²) < 4.78 is 15.7. The Bertz CT molecular complexity index is 1330. The lowest BCUT2D eigenvalue weighted by Crippen LogP contribution is -2.53. The maximum Gasteiger partial charge on any atom is 0.408 e. The molecule has 11 nitrogen and oxygen atoms in total. The lowest BCUT2D eigenvalue weighted by atomic mass is 9.72. The van der Waals surface area contributed by atoms with Crippen LogP contribution in [0.4, 0.5) is 9.59 Å². The highest BCUT2D eigenvalue weighted by molar-refractivity contribution is 8.13. The fraction of sp³-hybridized carbons (Fsp3) is 0.514. The van der Waals surface area contributed by atoms with Gasteiger partial charge in [-0.25, -0.2) is 14.4 Å². The lowest BCUT2D eigenvalue weighted by molar-refractivity contribution is -0.144. The van der Waals surface area contributed by atoms with Gasteiger partial charge in [-0.15, -0.1) is 0 Å². The number of esters is 1. The second kappa shape index (κ2) is 18.3. The van der Waals surface area contributed by atoms with Crippen LogP contribution < -0.4 is 16.0 Å². The first-order chi connectivity index (χ1) is 22.4. The topological polar surface area (TPSA) is 149 Å². The molecule has 0 radical (unpaired) electrons. The SMILES string of the molecule is COC(=O)[C@H](CSC(=O)CC1(CNC(=O)OC(C)(C)C)CCCCC1)NC(=O)[C@H](Cc1ccccc1)NC(=O)OCc1ccccc1. The molecule has 1 fully saturated rings. The summed E-state index contributed by atoms with van der Waals surface area (Å²) in [7, 11) is 1.20. The average molecular weight is 670 g/mol. The number of benzene rings is 2. The first kappa shape index (κ1) is 37.4. The highest BCUT2D eigenvalue weighted by Gasteiger charge is 2.36. The fourth-order valence-corrected chi connectivity index (χ4v) is 6.35. The Morgan fingerprint density at radius 2 is 1.45 bits per heavy atom. The quantitative estimate of drug-likeness (QED) is 0.180. The van der Waals surface area contributed by atoms with Crippen LogP contribution in [0.1, 0.15) is 70.4 Å². The second-order valence-electron chi connectivity index (χ2n) is 12.8. The third-order valence-corrected chi connectivity index (χ3v) is 8.72. The van der Waals surface area contributed by atoms with Crippen molar-refractivity contribution in [1.29, 1.82) is 0 Å². The van der Waals surface area contributed by atoms with Gasteiger partial charge in [-0.05, 0) is 50.2 Å². The van der Waals surface area contributed by atoms with Crippen LogP contribution >= 0.6 is 11.8 Å². The predicted molar refractivity (Wildman–Crippen MR) is 179 cm³/mol. The van der Waals surface area contributed by atoms with Crippen molar-refractivity contribution in [3.63, 3.8) is 0 Å². The van der Waals surface area contributed by atoms with Crippen LogP contribution in [0.3, 0.4) is 0 Å². The molecule has 2 atom stereocenters. The van der Waals surface area contributed by atoms with Gasteiger partial charge >= 0.3 is 18.2 Å². The van der Waals surface area contributed by atoms with E-state index in [1.54, 1.807) is 20.8 Å². The molecule has 3 N–H and O–H groups in total. The minimum Gasteiger partial charge on any atom is -0.467 e. The van der Waals surface area contributed by atoms with Crippen LogP contribution in [0.15, 0.2) is 60.7 Å². The van der Waals surface area contributed by atoms with Gasteiger partial charge < -0.3 is 30.2 Å². The average Bonchev–Trinajstić information content (AvgIpc) is 3.04. The summed E-state index contributed by atoms with van der Waals surface area (Å²) >= 11 is 0.932. The zero-order valence-electron chi connectivity index (χ0n) is 27.7. The number of carbonyl (C=O) groups is 5. The first-order valence-corrected chi connectivity index (χ1v) is 16.9. The Labute approximate surface area is 281 Å². The number of carbonyl (C=O) groups excluding carboxylic acids is 5. The van der Waals surface area contributed by atoms with E-state index in [1.165, 1.54) is 7.11 Å². The molecule has 0 aliphatic heterocycles. The second-order valence-corrected chi connectivity index (χ2v) is 13.9. The molecule has 1 aliphatic rings. The summed E-state index contributed by atoms with van der Waals surface area (Å²) in [4.78, 5) is 64.6. The minimum atomic E-state index is -1.15. The molecule has 256 valence electrons. The molecule has 1 aliphatic carbocycles. The Hall–Kier alpha value is -4.06. The van der Waals surface area contributed by atoms with Crippen LogP contribution in [0.25, 0.3) is 0 Å². The van der Waals surface area contributed by atoms with E-state index in [1.807, 2.05) is 60.7 Å². The molecule has 1 saturated carbocycles. The molecule has 0 saturated heterocycles. The van der Waals surface area contributed by atoms with Crippen LogP contribution in [-0.4, -0.2) is 66.3 Å². The van der Waals surface area contributed by atoms with Gasteiger partial charge in [0.05, 0.1) is 7.11 Å². The Balaban J connectivity index is 1.63. The third kappa shape index (κ3) is 13.7. The van der Waals surface area contributed by atoms with Crippen molar-refractivity contribution in [2.45, 2.75) is 90.0 Å². The van der Waals surface area contributed by atoms with Gasteiger partial charge in [-0.2, -0.15) is 0 Å². The number of hydrogen-bond acceptors (Lipinski definition) is 9. The van der Waals surface area contributed by atoms with Crippen LogP contribution in [0.2, 0.25) is 0 Å². The van der Waals surface area contributed by atoms with E-state index in [4.69, 9.17) is 14.2 Å². The summed E-state index contributed by atoms with van der Waals surface area (Å²) in [5.74, 6) is -1.41. The van der Waals surface area contributed by atoms with Gasteiger partial charge in [-0.1, -0.05) is 91.7 Å². The molecule has 0 aromatic heterocycles. The molecule has 3 rings (SSSR count). The number of rotatable bonds is 14. The molecule has 2 aromatic rings. The molecule has 0 heterocycles. The van der Waals surface area contributed by atoms with E-state index in [2.05, 4.69) is 16.0 Å². The summed E-state index contributed by atoms with van der Waals surface area (Å²) in [5.41, 5.74) is 0.511. The van der Waals surface area contributed by atoms with Gasteiger partial charge in [0.25, 0.3) is 0 Å². The molecular formula is C35H47N3O8S. The van der Waals surface area contributed by atoms with Gasteiger partial charge in [-0.3, -0.25) is 9.59 Å². The summed E-state index contributed by atoms with van der Waals surface area (Å²) in [6.07, 6.45) is 3.51. The van der Waals surface area contributed by atoms with Crippen molar-refractivity contribution in [3.05, 3.63) is 71.8 Å². The standard InChI is InChI=1S/C35H47N3O8S/c1-34(2,3)46-32(42)36-24-35(18-12-7-13-19-35)21-29(39)47-23-28(31(41)44-4)37-30(40)27(20-25-14-8-5-9-15-25)38-33(43)45-22-26-16-10-6-11-17-26/h5-6,8-11,14-17,27-28H,7,12-13,18-24H2,1-4H3,(H,36,42)(H,37,40)(H,38,43)/t27-,28-/m0/s1. The number of amides is 3. The number of nitrogens with one attached hydrogen (secondary N) is 3. The van der Waals surface area contributed by atoms with Crippen molar-refractivity contribution in [3.8, 4) is 0 Å². The van der Waals surface area contributed by atoms with E-state index in [0.29, 0.717) is 6.54 Å². The van der Waals surface area contributed by atoms with Crippen molar-refractivity contribution in [2.24, 2.45) is 5.41 Å². The van der Waals surface area contributed by atoms with E-state index in [9.17, 15) is 24.0 Å². The van der Waals surface area contributed by atoms with Gasteiger partial charge in [0.15, 0.2) is 5.12 Å². The molecule has 0 spiro atoms. The maximum atomic E-state index is 13.5. The molecule has 12 heteroatoms. The van der Waals surface area contributed by atoms with E-state index in [0.717, 1.165) is 55.0 Å². The monoisotopic (exact) mass is 669 g/mol. The Morgan fingerprint density at radius 3 is 2.04 bits per heavy atom. The third-order valence-electron chi connectivity index (χ3n) is 7.76. The summed E-state index contributed by atoms with van der Waals surface area (Å²) in [5, 5.41) is 7.96. The van der Waals surface area contributed by atoms with E-state index in [-0.39, 0.29) is 30.3 Å². The van der Waals surface area contributed by atoms with Crippen molar-refractivity contribution >= 4 is 40.9 Å². The number of alkyl carbamates (subject to hydrolysis) is 2. The molecule has 3 amide bonds. The lowest BCUT2D eigenvalue weighted by Gasteiger charge is -2.37. The molecular weight excluding hydrogens is 622 g/mol. The summed E-state index contributed by atoms with van der Waals surface area (Å²) in [6.45, 7) is 5.69. The van der Waals surface area contributed by atoms with Crippen LogP contribution in [-0.2, 0) is 41.6 Å². The van der Waals surface area contributed by atoms with Crippen molar-refractivity contribution in [2.75, 3.05) is 19.4 Å². The Morgan fingerprint density at radius 1 is 0.830 bits per heavy atom. The van der Waals surface area contributed by atoms with Gasteiger partial charge in [0, 0.05) is 25.1 Å². The zero-order valence-corrected chi connectivity index (χ0v) is 28.5. The van der Waals surface area contributed by atoms with Crippen molar-refractivity contribution in [1.82, 2.24) is 16.0 Å². The normalized spacial score (nSPS) is 15.3. The molecule has 0 bridgehead atoms. The van der Waals surface area contributed by atoms with E-state index >= 15 is 0 Å². The van der Waals surface area contributed by atoms with E-state index < -0.39 is 47.2 Å². The zero-order chi connectivity index (χ0) is 34.3. The maximum absolute atomic E-state index is 13.5. The molecule has 2 aromatic carbocycles. The largest absolute Gasteiger partial charge is 0.467 e. The van der Waals surface area contributed by atoms with Crippen LogP contribution in [0.5, 0.6) is 0 Å². The first-order valence-electron chi connectivity index (χ1n) is 15.9. The molecule has 0 unspecified atom stereocenters. The number of methoxy groups -OCH3 is 1. The van der Waals surface area contributed by atoms with Gasteiger partial charge in [0.2, 0.25) is 5.91 Å². The number of thioether (sulfide) groups is 1. The smallest absolute Gasteiger partial charge is 0.408 e. The molecule has 47 heavy (non-hydrogen) atoms. The summed E-state index contributed by atoms with van der Waals surface area (Å²) in [6, 6.07) is 16.0. The predicted octanol–water partition coefficient (Wildman–Crippen LogP) is 5.31. The fourth-order valence-electron chi connectivity index (χ4n) is 5.37. The van der Waals surface area contributed by atoms with Crippen LogP contribution in [0, 0.1) is 5.41 Å². The number of hydrogen-bond donors (Lipinski definition) is 3. The Kier molecular flexibility index (Phi) is 14.6. The minimum absolute atomic E-state index is 0.0185. The highest BCUT2D eigenvalue weighted by Crippen LogP contribution is 2.40. The highest BCUT2D eigenvalue weighted by atomic mass is 32.2. The van der Waals surface area contributed by atoms with Gasteiger partial charge in [0.1, 0.15) is 24.3 Å².